The van der Waals surface area contributed by atoms with Gasteiger partial charge in [0.05, 0.1) is 28.2 Å². The number of imidazole rings is 1. The fraction of sp³-hybridized carbons (Fsp3) is 0.457. The normalized spacial score (nSPS) is 18.5. The van der Waals surface area contributed by atoms with E-state index in [2.05, 4.69) is 21.3 Å². The molecule has 5 heterocycles. The van der Waals surface area contributed by atoms with Gasteiger partial charge in [-0.3, -0.25) is 18.8 Å². The predicted octanol–water partition coefficient (Wildman–Crippen LogP) is 4.89. The SMILES string of the molecule is CCN(C(=O)OC(C)(C)C)C1CCN(C2=CCC(C)(C(=O)Nc3cc(-n4ccccc4=O)c4nc(C)cn4c3)c3nn(C)cc32)CC1. The minimum Gasteiger partial charge on any atom is -0.444 e. The first-order valence-corrected chi connectivity index (χ1v) is 16.3. The van der Waals surface area contributed by atoms with Crippen LogP contribution in [0.2, 0.25) is 0 Å². The molecule has 6 rings (SSSR count). The third kappa shape index (κ3) is 6.16. The van der Waals surface area contributed by atoms with E-state index in [0.29, 0.717) is 30.0 Å². The summed E-state index contributed by atoms with van der Waals surface area (Å²) in [4.78, 5) is 48.6. The topological polar surface area (TPSA) is 119 Å². The van der Waals surface area contributed by atoms with Gasteiger partial charge in [-0.1, -0.05) is 12.1 Å². The molecule has 1 N–H and O–H groups in total. The second-order valence-corrected chi connectivity index (χ2v) is 13.8. The molecule has 2 amide bonds. The zero-order valence-corrected chi connectivity index (χ0v) is 28.3. The Kier molecular flexibility index (Phi) is 8.23. The number of nitrogens with one attached hydrogen (secondary N) is 1. The number of pyridine rings is 2. The van der Waals surface area contributed by atoms with E-state index in [0.717, 1.165) is 48.6 Å². The van der Waals surface area contributed by atoms with E-state index in [-0.39, 0.29) is 23.6 Å². The van der Waals surface area contributed by atoms with Crippen LogP contribution in [-0.2, 0) is 22.0 Å². The van der Waals surface area contributed by atoms with E-state index < -0.39 is 11.0 Å². The number of fused-ring (bicyclic) bond motifs is 2. The van der Waals surface area contributed by atoms with Gasteiger partial charge < -0.3 is 24.3 Å². The molecule has 0 spiro atoms. The maximum absolute atomic E-state index is 14.2. The van der Waals surface area contributed by atoms with Crippen molar-refractivity contribution in [2.45, 2.75) is 77.9 Å². The molecular formula is C35H44N8O4. The molecule has 1 atom stereocenters. The summed E-state index contributed by atoms with van der Waals surface area (Å²) in [6, 6.07) is 6.87. The van der Waals surface area contributed by atoms with Gasteiger partial charge in [-0.05, 0) is 72.9 Å². The Bertz CT molecular complexity index is 1920. The van der Waals surface area contributed by atoms with Gasteiger partial charge in [0.1, 0.15) is 5.60 Å². The quantitative estimate of drug-likeness (QED) is 0.319. The predicted molar refractivity (Wildman–Crippen MR) is 181 cm³/mol. The summed E-state index contributed by atoms with van der Waals surface area (Å²) in [6.07, 6.45) is 11.4. The van der Waals surface area contributed by atoms with Crippen molar-refractivity contribution < 1.29 is 14.3 Å². The van der Waals surface area contributed by atoms with Crippen LogP contribution in [0.4, 0.5) is 10.5 Å². The van der Waals surface area contributed by atoms with Gasteiger partial charge in [-0.2, -0.15) is 5.10 Å². The van der Waals surface area contributed by atoms with Crippen LogP contribution in [0.5, 0.6) is 0 Å². The molecule has 12 nitrogen and oxygen atoms in total. The zero-order valence-electron chi connectivity index (χ0n) is 28.3. The Hall–Kier alpha value is -4.87. The number of carbonyl (C=O) groups is 2. The van der Waals surface area contributed by atoms with Crippen LogP contribution in [-0.4, -0.2) is 76.8 Å². The summed E-state index contributed by atoms with van der Waals surface area (Å²) in [5.41, 5.74) is 3.61. The highest BCUT2D eigenvalue weighted by Crippen LogP contribution is 2.41. The van der Waals surface area contributed by atoms with Crippen molar-refractivity contribution in [3.63, 3.8) is 0 Å². The number of amides is 2. The van der Waals surface area contributed by atoms with E-state index in [1.807, 2.05) is 76.5 Å². The number of aromatic nitrogens is 5. The molecule has 1 aliphatic heterocycles. The van der Waals surface area contributed by atoms with Crippen LogP contribution in [0, 0.1) is 6.92 Å². The van der Waals surface area contributed by atoms with E-state index in [4.69, 9.17) is 9.84 Å². The van der Waals surface area contributed by atoms with E-state index in [1.54, 1.807) is 29.1 Å². The number of piperidine rings is 1. The first-order chi connectivity index (χ1) is 22.3. The summed E-state index contributed by atoms with van der Waals surface area (Å²) in [5, 5.41) is 7.95. The number of anilines is 1. The summed E-state index contributed by atoms with van der Waals surface area (Å²) < 4.78 is 10.8. The lowest BCUT2D eigenvalue weighted by Crippen LogP contribution is -2.48. The number of hydrogen-bond acceptors (Lipinski definition) is 7. The number of aryl methyl sites for hydroxylation is 2. The molecule has 2 aliphatic rings. The van der Waals surface area contributed by atoms with Gasteiger partial charge >= 0.3 is 6.09 Å². The van der Waals surface area contributed by atoms with Crippen LogP contribution in [0.1, 0.15) is 70.8 Å². The number of ether oxygens (including phenoxy) is 1. The Labute approximate surface area is 274 Å². The number of likely N-dealkylation sites (tertiary alicyclic amines) is 1. The molecule has 1 aliphatic carbocycles. The maximum Gasteiger partial charge on any atom is 0.410 e. The average molecular weight is 641 g/mol. The largest absolute Gasteiger partial charge is 0.444 e. The number of hydrogen-bond donors (Lipinski definition) is 1. The fourth-order valence-corrected chi connectivity index (χ4v) is 6.71. The van der Waals surface area contributed by atoms with Gasteiger partial charge in [-0.15, -0.1) is 0 Å². The van der Waals surface area contributed by atoms with Crippen molar-refractivity contribution in [2.75, 3.05) is 25.0 Å². The molecule has 1 fully saturated rings. The summed E-state index contributed by atoms with van der Waals surface area (Å²) in [6.45, 7) is 13.6. The molecule has 12 heteroatoms. The van der Waals surface area contributed by atoms with E-state index in [1.165, 1.54) is 10.6 Å². The Morgan fingerprint density at radius 1 is 1.15 bits per heavy atom. The Morgan fingerprint density at radius 2 is 1.89 bits per heavy atom. The van der Waals surface area contributed by atoms with Gasteiger partial charge in [0.2, 0.25) is 5.91 Å². The lowest BCUT2D eigenvalue weighted by Gasteiger charge is -2.41. The van der Waals surface area contributed by atoms with Crippen LogP contribution in [0.15, 0.2) is 59.9 Å². The van der Waals surface area contributed by atoms with Crippen molar-refractivity contribution in [3.8, 4) is 5.69 Å². The van der Waals surface area contributed by atoms with E-state index in [9.17, 15) is 14.4 Å². The first-order valence-electron chi connectivity index (χ1n) is 16.3. The lowest BCUT2D eigenvalue weighted by atomic mass is 9.76. The number of carbonyl (C=O) groups excluding carboxylic acids is 2. The number of nitrogens with zero attached hydrogens (tertiary/aromatic N) is 7. The van der Waals surface area contributed by atoms with Crippen LogP contribution >= 0.6 is 0 Å². The van der Waals surface area contributed by atoms with Crippen LogP contribution in [0.3, 0.4) is 0 Å². The molecule has 1 saturated heterocycles. The highest BCUT2D eigenvalue weighted by Gasteiger charge is 2.43. The summed E-state index contributed by atoms with van der Waals surface area (Å²) in [7, 11) is 1.87. The Morgan fingerprint density at radius 3 is 2.57 bits per heavy atom. The number of allylic oxidation sites excluding steroid dienone is 1. The van der Waals surface area contributed by atoms with Gasteiger partial charge in [-0.25, -0.2) is 9.78 Å². The van der Waals surface area contributed by atoms with Gasteiger partial charge in [0, 0.05) is 74.8 Å². The molecule has 47 heavy (non-hydrogen) atoms. The molecule has 1 unspecified atom stereocenters. The zero-order chi connectivity index (χ0) is 33.7. The third-order valence-electron chi connectivity index (χ3n) is 9.04. The van der Waals surface area contributed by atoms with Crippen molar-refractivity contribution in [1.29, 1.82) is 0 Å². The van der Waals surface area contributed by atoms with Crippen molar-refractivity contribution in [3.05, 3.63) is 82.4 Å². The molecule has 248 valence electrons. The first kappa shape index (κ1) is 32.1. The highest BCUT2D eigenvalue weighted by molar-refractivity contribution is 6.00. The summed E-state index contributed by atoms with van der Waals surface area (Å²) >= 11 is 0. The van der Waals surface area contributed by atoms with Gasteiger partial charge in [0.25, 0.3) is 5.56 Å². The van der Waals surface area contributed by atoms with Crippen molar-refractivity contribution in [1.82, 2.24) is 33.5 Å². The Balaban J connectivity index is 1.23. The minimum atomic E-state index is -0.933. The lowest BCUT2D eigenvalue weighted by molar-refractivity contribution is -0.121. The summed E-state index contributed by atoms with van der Waals surface area (Å²) in [5.74, 6) is -0.190. The smallest absolute Gasteiger partial charge is 0.410 e. The molecule has 0 saturated carbocycles. The number of rotatable bonds is 6. The average Bonchev–Trinajstić information content (AvgIpc) is 3.59. The third-order valence-corrected chi connectivity index (χ3v) is 9.04. The maximum atomic E-state index is 14.2. The van der Waals surface area contributed by atoms with Crippen molar-refractivity contribution in [2.24, 2.45) is 7.05 Å². The second-order valence-electron chi connectivity index (χ2n) is 13.8. The second kappa shape index (κ2) is 12.1. The molecule has 0 aromatic carbocycles. The van der Waals surface area contributed by atoms with Crippen LogP contribution < -0.4 is 10.9 Å². The van der Waals surface area contributed by atoms with Gasteiger partial charge in [0.15, 0.2) is 5.65 Å². The molecule has 4 aromatic heterocycles. The molecular weight excluding hydrogens is 596 g/mol. The monoisotopic (exact) mass is 640 g/mol. The van der Waals surface area contributed by atoms with Crippen molar-refractivity contribution >= 4 is 29.0 Å². The molecule has 0 bridgehead atoms. The standard InChI is InChI=1S/C35H44N8O4/c1-8-42(33(46)47-34(3,4)5)25-13-17-40(18-14-25)27-12-15-35(6,30-26(27)22-39(7)38-30)32(45)37-24-19-28(43-16-10-9-11-29(43)44)31-36-23(2)20-41(31)21-24/h9-12,16,19-22,25H,8,13-15,17-18H2,1-7H3,(H,37,45). The highest BCUT2D eigenvalue weighted by atomic mass is 16.6. The molecule has 0 radical (unpaired) electrons. The minimum absolute atomic E-state index is 0.105. The van der Waals surface area contributed by atoms with Crippen LogP contribution in [0.25, 0.3) is 17.0 Å². The van der Waals surface area contributed by atoms with E-state index >= 15 is 0 Å². The molecule has 4 aromatic rings. The fourth-order valence-electron chi connectivity index (χ4n) is 6.71.